The van der Waals surface area contributed by atoms with E-state index in [0.29, 0.717) is 12.3 Å². The average molecular weight is 467 g/mol. The van der Waals surface area contributed by atoms with Crippen LogP contribution in [0.5, 0.6) is 11.5 Å². The van der Waals surface area contributed by atoms with Gasteiger partial charge in [0.05, 0.1) is 0 Å². The smallest absolute Gasteiger partial charge is 0.225 e. The van der Waals surface area contributed by atoms with Crippen molar-refractivity contribution in [2.45, 2.75) is 13.0 Å². The number of hydrogen-bond acceptors (Lipinski definition) is 7. The number of aromatic nitrogens is 2. The lowest BCUT2D eigenvalue weighted by molar-refractivity contribution is 0.0665. The molecule has 9 heteroatoms. The van der Waals surface area contributed by atoms with Gasteiger partial charge in [-0.15, -0.1) is 24.8 Å². The number of aliphatic hydroxyl groups is 1. The fourth-order valence-electron chi connectivity index (χ4n) is 3.77. The van der Waals surface area contributed by atoms with Gasteiger partial charge < -0.3 is 19.8 Å². The van der Waals surface area contributed by atoms with Gasteiger partial charge in [0.15, 0.2) is 0 Å². The van der Waals surface area contributed by atoms with E-state index in [1.165, 1.54) is 0 Å². The van der Waals surface area contributed by atoms with Crippen LogP contribution in [0.2, 0.25) is 0 Å². The number of hydrogen-bond donors (Lipinski definition) is 2. The van der Waals surface area contributed by atoms with Crippen LogP contribution in [0.25, 0.3) is 10.8 Å². The monoisotopic (exact) mass is 466 g/mol. The summed E-state index contributed by atoms with van der Waals surface area (Å²) in [4.78, 5) is 13.0. The summed E-state index contributed by atoms with van der Waals surface area (Å²) in [7, 11) is 0. The van der Waals surface area contributed by atoms with Gasteiger partial charge in [0.2, 0.25) is 5.95 Å². The highest BCUT2D eigenvalue weighted by molar-refractivity contribution is 5.94. The van der Waals surface area contributed by atoms with Crippen LogP contribution in [-0.2, 0) is 0 Å². The molecule has 1 atom stereocenters. The zero-order chi connectivity index (χ0) is 20.2. The number of aliphatic hydroxyl groups excluding tert-OH is 1. The number of anilines is 1. The van der Waals surface area contributed by atoms with Crippen molar-refractivity contribution in [2.75, 3.05) is 44.2 Å². The minimum atomic E-state index is -0.596. The van der Waals surface area contributed by atoms with Crippen molar-refractivity contribution in [2.24, 2.45) is 0 Å². The molecule has 1 aliphatic heterocycles. The molecule has 4 rings (SSSR count). The number of ether oxygens (including phenoxy) is 1. The lowest BCUT2D eigenvalue weighted by Crippen LogP contribution is -2.49. The molecule has 3 aromatic rings. The molecule has 31 heavy (non-hydrogen) atoms. The number of halogens is 2. The number of fused-ring (bicyclic) bond motifs is 1. The van der Waals surface area contributed by atoms with Crippen molar-refractivity contribution in [1.29, 1.82) is 0 Å². The minimum Gasteiger partial charge on any atom is -0.507 e. The standard InChI is InChI=1S/C22H26N4O3.2ClH/c1-16-13-20(28)18-5-2-3-6-19(18)21(16)29-15-17(27)14-25-9-11-26(12-10-25)22-23-7-4-8-24-22;;/h2-8,13,17,27-28H,9-12,14-15H2,1H3;2*1H. The molecule has 0 saturated carbocycles. The van der Waals surface area contributed by atoms with Gasteiger partial charge in [-0.3, -0.25) is 4.90 Å². The lowest BCUT2D eigenvalue weighted by atomic mass is 10.0. The van der Waals surface area contributed by atoms with Crippen molar-refractivity contribution >= 4 is 41.5 Å². The van der Waals surface area contributed by atoms with Crippen molar-refractivity contribution in [1.82, 2.24) is 14.9 Å². The summed E-state index contributed by atoms with van der Waals surface area (Å²) in [5, 5.41) is 22.3. The normalized spacial score (nSPS) is 15.1. The maximum Gasteiger partial charge on any atom is 0.225 e. The number of phenolic OH excluding ortho intramolecular Hbond substituents is 1. The van der Waals surface area contributed by atoms with Crippen LogP contribution in [0.15, 0.2) is 48.8 Å². The molecular weight excluding hydrogens is 439 g/mol. The highest BCUT2D eigenvalue weighted by Gasteiger charge is 2.21. The third-order valence-corrected chi connectivity index (χ3v) is 5.26. The second kappa shape index (κ2) is 11.3. The lowest BCUT2D eigenvalue weighted by Gasteiger charge is -2.35. The van der Waals surface area contributed by atoms with Gasteiger partial charge in [-0.2, -0.15) is 0 Å². The van der Waals surface area contributed by atoms with E-state index in [2.05, 4.69) is 19.8 Å². The second-order valence-electron chi connectivity index (χ2n) is 7.39. The number of piperazine rings is 1. The Hall–Kier alpha value is -2.32. The Kier molecular flexibility index (Phi) is 9.13. The Labute approximate surface area is 194 Å². The maximum atomic E-state index is 10.5. The second-order valence-corrected chi connectivity index (χ2v) is 7.39. The summed E-state index contributed by atoms with van der Waals surface area (Å²) in [5.41, 5.74) is 0.852. The Bertz CT molecular complexity index is 970. The van der Waals surface area contributed by atoms with Gasteiger partial charge in [0.1, 0.15) is 24.2 Å². The molecule has 7 nitrogen and oxygen atoms in total. The van der Waals surface area contributed by atoms with Gasteiger partial charge in [-0.1, -0.05) is 24.3 Å². The van der Waals surface area contributed by atoms with Crippen LogP contribution >= 0.6 is 24.8 Å². The summed E-state index contributed by atoms with van der Waals surface area (Å²) in [5.74, 6) is 1.71. The van der Waals surface area contributed by atoms with E-state index < -0.39 is 6.10 Å². The average Bonchev–Trinajstić information content (AvgIpc) is 2.75. The number of nitrogens with zero attached hydrogens (tertiary/aromatic N) is 4. The summed E-state index contributed by atoms with van der Waals surface area (Å²) < 4.78 is 5.98. The van der Waals surface area contributed by atoms with E-state index in [-0.39, 0.29) is 37.2 Å². The maximum absolute atomic E-state index is 10.5. The van der Waals surface area contributed by atoms with E-state index >= 15 is 0 Å². The summed E-state index contributed by atoms with van der Waals surface area (Å²) in [6.45, 7) is 6.01. The van der Waals surface area contributed by atoms with Crippen molar-refractivity contribution in [3.63, 3.8) is 0 Å². The largest absolute Gasteiger partial charge is 0.507 e. The predicted octanol–water partition coefficient (Wildman–Crippen LogP) is 3.05. The van der Waals surface area contributed by atoms with Gasteiger partial charge in [-0.25, -0.2) is 9.97 Å². The van der Waals surface area contributed by atoms with E-state index in [4.69, 9.17) is 4.74 Å². The van der Waals surface area contributed by atoms with Crippen LogP contribution in [0.3, 0.4) is 0 Å². The van der Waals surface area contributed by atoms with Gasteiger partial charge in [0, 0.05) is 55.9 Å². The molecule has 0 bridgehead atoms. The number of rotatable bonds is 6. The van der Waals surface area contributed by atoms with E-state index in [9.17, 15) is 10.2 Å². The topological polar surface area (TPSA) is 82.0 Å². The molecular formula is C22H28Cl2N4O3. The SMILES string of the molecule is Cc1cc(O)c2ccccc2c1OCC(O)CN1CCN(c2ncccn2)CC1.Cl.Cl. The van der Waals surface area contributed by atoms with Crippen LogP contribution in [-0.4, -0.2) is 70.5 Å². The van der Waals surface area contributed by atoms with Crippen LogP contribution in [0.4, 0.5) is 5.95 Å². The zero-order valence-corrected chi connectivity index (χ0v) is 19.0. The Morgan fingerprint density at radius 3 is 2.32 bits per heavy atom. The van der Waals surface area contributed by atoms with Crippen LogP contribution in [0.1, 0.15) is 5.56 Å². The number of aryl methyl sites for hydroxylation is 1. The van der Waals surface area contributed by atoms with E-state index in [0.717, 1.165) is 48.5 Å². The molecule has 0 spiro atoms. The Morgan fingerprint density at radius 1 is 1.00 bits per heavy atom. The van der Waals surface area contributed by atoms with Crippen molar-refractivity contribution < 1.29 is 14.9 Å². The zero-order valence-electron chi connectivity index (χ0n) is 17.3. The molecule has 1 aliphatic rings. The Morgan fingerprint density at radius 2 is 1.65 bits per heavy atom. The predicted molar refractivity (Wildman–Crippen MR) is 127 cm³/mol. The van der Waals surface area contributed by atoms with Crippen LogP contribution in [0, 0.1) is 6.92 Å². The van der Waals surface area contributed by atoms with E-state index in [1.54, 1.807) is 18.5 Å². The molecule has 0 aliphatic carbocycles. The molecule has 1 saturated heterocycles. The summed E-state index contributed by atoms with van der Waals surface area (Å²) >= 11 is 0. The molecule has 2 heterocycles. The van der Waals surface area contributed by atoms with Crippen molar-refractivity contribution in [3.8, 4) is 11.5 Å². The highest BCUT2D eigenvalue weighted by Crippen LogP contribution is 2.35. The third kappa shape index (κ3) is 5.89. The molecule has 1 fully saturated rings. The number of β-amino-alcohol motifs (C(OH)–C–C–N with tert-alkyl or cyclic N) is 1. The Balaban J connectivity index is 0.00000171. The molecule has 0 amide bonds. The first kappa shape index (κ1) is 24.9. The van der Waals surface area contributed by atoms with Gasteiger partial charge in [-0.05, 0) is 24.6 Å². The fraction of sp³-hybridized carbons (Fsp3) is 0.364. The molecule has 1 unspecified atom stereocenters. The molecule has 0 radical (unpaired) electrons. The molecule has 168 valence electrons. The molecule has 2 N–H and O–H groups in total. The molecule has 1 aromatic heterocycles. The fourth-order valence-corrected chi connectivity index (χ4v) is 3.77. The number of benzene rings is 2. The van der Waals surface area contributed by atoms with Crippen molar-refractivity contribution in [3.05, 3.63) is 54.4 Å². The first-order valence-corrected chi connectivity index (χ1v) is 9.88. The quantitative estimate of drug-likeness (QED) is 0.577. The van der Waals surface area contributed by atoms with Gasteiger partial charge in [0.25, 0.3) is 0 Å². The summed E-state index contributed by atoms with van der Waals surface area (Å²) in [6, 6.07) is 11.1. The summed E-state index contributed by atoms with van der Waals surface area (Å²) in [6.07, 6.45) is 2.91. The molecule has 2 aromatic carbocycles. The third-order valence-electron chi connectivity index (χ3n) is 5.26. The first-order chi connectivity index (χ1) is 14.1. The number of phenols is 1. The van der Waals surface area contributed by atoms with Gasteiger partial charge >= 0.3 is 0 Å². The minimum absolute atomic E-state index is 0. The van der Waals surface area contributed by atoms with Crippen LogP contribution < -0.4 is 9.64 Å². The number of aromatic hydroxyl groups is 1. The van der Waals surface area contributed by atoms with E-state index in [1.807, 2.05) is 37.3 Å². The highest BCUT2D eigenvalue weighted by atomic mass is 35.5. The first-order valence-electron chi connectivity index (χ1n) is 9.88.